The summed E-state index contributed by atoms with van der Waals surface area (Å²) in [6.07, 6.45) is 2.78. The molecular weight excluding hydrogens is 216 g/mol. The van der Waals surface area contributed by atoms with E-state index < -0.39 is 0 Å². The number of nitrogens with zero attached hydrogens (tertiary/aromatic N) is 1. The molecule has 2 unspecified atom stereocenters. The van der Waals surface area contributed by atoms with Crippen LogP contribution in [0.1, 0.15) is 26.7 Å². The summed E-state index contributed by atoms with van der Waals surface area (Å²) in [5.41, 5.74) is 6.27. The molecule has 0 saturated carbocycles. The van der Waals surface area contributed by atoms with Crippen LogP contribution < -0.4 is 5.73 Å². The van der Waals surface area contributed by atoms with Gasteiger partial charge in [-0.2, -0.15) is 0 Å². The molecule has 0 radical (unpaired) electrons. The second-order valence-electron chi connectivity index (χ2n) is 5.71. The molecule has 0 aromatic carbocycles. The Morgan fingerprint density at radius 1 is 1.41 bits per heavy atom. The third-order valence-electron chi connectivity index (χ3n) is 4.15. The van der Waals surface area contributed by atoms with E-state index in [-0.39, 0.29) is 11.5 Å². The van der Waals surface area contributed by atoms with E-state index in [1.165, 1.54) is 0 Å². The largest absolute Gasteiger partial charge is 0.379 e. The van der Waals surface area contributed by atoms with Crippen molar-refractivity contribution in [2.75, 3.05) is 39.5 Å². The molecule has 0 aromatic heterocycles. The molecule has 0 amide bonds. The maximum absolute atomic E-state index is 6.13. The molecule has 2 aliphatic heterocycles. The SMILES string of the molecule is CCOC1CCN(CC2(C)COCC2N)CC1. The van der Waals surface area contributed by atoms with Crippen molar-refractivity contribution in [1.82, 2.24) is 4.90 Å². The summed E-state index contributed by atoms with van der Waals surface area (Å²) in [6.45, 7) is 10.0. The lowest BCUT2D eigenvalue weighted by atomic mass is 9.84. The molecule has 4 nitrogen and oxygen atoms in total. The molecule has 2 heterocycles. The average molecular weight is 242 g/mol. The zero-order valence-corrected chi connectivity index (χ0v) is 11.2. The lowest BCUT2D eigenvalue weighted by Crippen LogP contribution is -2.49. The number of likely N-dealkylation sites (tertiary alicyclic amines) is 1. The van der Waals surface area contributed by atoms with Crippen LogP contribution in [0, 0.1) is 5.41 Å². The van der Waals surface area contributed by atoms with Gasteiger partial charge in [-0.25, -0.2) is 0 Å². The van der Waals surface area contributed by atoms with Gasteiger partial charge >= 0.3 is 0 Å². The van der Waals surface area contributed by atoms with Gasteiger partial charge in [0.05, 0.1) is 19.3 Å². The van der Waals surface area contributed by atoms with E-state index in [4.69, 9.17) is 15.2 Å². The van der Waals surface area contributed by atoms with Gasteiger partial charge in [-0.15, -0.1) is 0 Å². The highest BCUT2D eigenvalue weighted by Gasteiger charge is 2.39. The highest BCUT2D eigenvalue weighted by atomic mass is 16.5. The molecule has 2 aliphatic rings. The molecular formula is C13H26N2O2. The summed E-state index contributed by atoms with van der Waals surface area (Å²) in [5, 5.41) is 0. The first-order valence-electron chi connectivity index (χ1n) is 6.81. The van der Waals surface area contributed by atoms with Crippen molar-refractivity contribution >= 4 is 0 Å². The second kappa shape index (κ2) is 5.65. The van der Waals surface area contributed by atoms with Crippen LogP contribution >= 0.6 is 0 Å². The van der Waals surface area contributed by atoms with Crippen LogP contribution in [-0.2, 0) is 9.47 Å². The quantitative estimate of drug-likeness (QED) is 0.794. The highest BCUT2D eigenvalue weighted by Crippen LogP contribution is 2.29. The van der Waals surface area contributed by atoms with Crippen LogP contribution in [-0.4, -0.2) is 56.5 Å². The summed E-state index contributed by atoms with van der Waals surface area (Å²) in [7, 11) is 0. The van der Waals surface area contributed by atoms with Gasteiger partial charge in [-0.05, 0) is 19.8 Å². The van der Waals surface area contributed by atoms with Gasteiger partial charge in [0.15, 0.2) is 0 Å². The molecule has 0 aliphatic carbocycles. The number of hydrogen-bond acceptors (Lipinski definition) is 4. The second-order valence-corrected chi connectivity index (χ2v) is 5.71. The molecule has 2 fully saturated rings. The number of rotatable bonds is 4. The van der Waals surface area contributed by atoms with Crippen LogP contribution in [0.25, 0.3) is 0 Å². The van der Waals surface area contributed by atoms with Crippen molar-refractivity contribution in [1.29, 1.82) is 0 Å². The van der Waals surface area contributed by atoms with Gasteiger partial charge in [0.25, 0.3) is 0 Å². The molecule has 2 rings (SSSR count). The van der Waals surface area contributed by atoms with Crippen LogP contribution in [0.5, 0.6) is 0 Å². The Labute approximate surface area is 104 Å². The maximum atomic E-state index is 6.13. The normalized spacial score (nSPS) is 36.5. The predicted octanol–water partition coefficient (Wildman–Crippen LogP) is 0.851. The third-order valence-corrected chi connectivity index (χ3v) is 4.15. The lowest BCUT2D eigenvalue weighted by Gasteiger charge is -2.38. The highest BCUT2D eigenvalue weighted by molar-refractivity contribution is 4.93. The first-order valence-corrected chi connectivity index (χ1v) is 6.81. The Balaban J connectivity index is 1.78. The van der Waals surface area contributed by atoms with E-state index in [1.54, 1.807) is 0 Å². The van der Waals surface area contributed by atoms with Crippen LogP contribution in [0.15, 0.2) is 0 Å². The van der Waals surface area contributed by atoms with Gasteiger partial charge in [0, 0.05) is 37.7 Å². The maximum Gasteiger partial charge on any atom is 0.0624 e. The van der Waals surface area contributed by atoms with Crippen molar-refractivity contribution in [3.05, 3.63) is 0 Å². The molecule has 100 valence electrons. The molecule has 0 spiro atoms. The van der Waals surface area contributed by atoms with Crippen LogP contribution in [0.3, 0.4) is 0 Å². The van der Waals surface area contributed by atoms with E-state index in [9.17, 15) is 0 Å². The Kier molecular flexibility index (Phi) is 4.42. The van der Waals surface area contributed by atoms with Gasteiger partial charge in [-0.3, -0.25) is 0 Å². The summed E-state index contributed by atoms with van der Waals surface area (Å²) >= 11 is 0. The van der Waals surface area contributed by atoms with Crippen molar-refractivity contribution in [3.63, 3.8) is 0 Å². The summed E-state index contributed by atoms with van der Waals surface area (Å²) in [4.78, 5) is 2.52. The van der Waals surface area contributed by atoms with Gasteiger partial charge < -0.3 is 20.1 Å². The third kappa shape index (κ3) is 3.19. The van der Waals surface area contributed by atoms with Crippen molar-refractivity contribution < 1.29 is 9.47 Å². The first kappa shape index (κ1) is 13.3. The van der Waals surface area contributed by atoms with E-state index in [0.29, 0.717) is 12.7 Å². The van der Waals surface area contributed by atoms with E-state index in [0.717, 1.165) is 45.7 Å². The van der Waals surface area contributed by atoms with E-state index >= 15 is 0 Å². The topological polar surface area (TPSA) is 47.7 Å². The minimum absolute atomic E-state index is 0.137. The summed E-state index contributed by atoms with van der Waals surface area (Å²) in [5.74, 6) is 0. The Bertz CT molecular complexity index is 242. The molecule has 17 heavy (non-hydrogen) atoms. The number of hydrogen-bond donors (Lipinski definition) is 1. The molecule has 2 atom stereocenters. The molecule has 0 bridgehead atoms. The minimum Gasteiger partial charge on any atom is -0.379 e. The fourth-order valence-electron chi connectivity index (χ4n) is 2.87. The Morgan fingerprint density at radius 2 is 2.12 bits per heavy atom. The average Bonchev–Trinajstić information content (AvgIpc) is 2.62. The minimum atomic E-state index is 0.137. The molecule has 4 heteroatoms. The van der Waals surface area contributed by atoms with Gasteiger partial charge in [-0.1, -0.05) is 6.92 Å². The monoisotopic (exact) mass is 242 g/mol. The summed E-state index contributed by atoms with van der Waals surface area (Å²) < 4.78 is 11.2. The first-order chi connectivity index (χ1) is 8.14. The van der Waals surface area contributed by atoms with E-state index in [2.05, 4.69) is 18.7 Å². The van der Waals surface area contributed by atoms with Crippen LogP contribution in [0.2, 0.25) is 0 Å². The van der Waals surface area contributed by atoms with Crippen LogP contribution in [0.4, 0.5) is 0 Å². The molecule has 0 aromatic rings. The smallest absolute Gasteiger partial charge is 0.0624 e. The van der Waals surface area contributed by atoms with Gasteiger partial charge in [0.1, 0.15) is 0 Å². The Hall–Kier alpha value is -0.160. The van der Waals surface area contributed by atoms with Gasteiger partial charge in [0.2, 0.25) is 0 Å². The van der Waals surface area contributed by atoms with Crippen molar-refractivity contribution in [2.45, 2.75) is 38.8 Å². The number of ether oxygens (including phenoxy) is 2. The van der Waals surface area contributed by atoms with E-state index in [1.807, 2.05) is 0 Å². The fourth-order valence-corrected chi connectivity index (χ4v) is 2.87. The zero-order chi connectivity index (χ0) is 12.3. The van der Waals surface area contributed by atoms with Crippen molar-refractivity contribution in [3.8, 4) is 0 Å². The molecule has 2 saturated heterocycles. The van der Waals surface area contributed by atoms with Crippen molar-refractivity contribution in [2.24, 2.45) is 11.1 Å². The standard InChI is InChI=1S/C13H26N2O2/c1-3-17-11-4-6-15(7-5-11)9-13(2)10-16-8-12(13)14/h11-12H,3-10,14H2,1-2H3. The Morgan fingerprint density at radius 3 is 2.65 bits per heavy atom. The summed E-state index contributed by atoms with van der Waals surface area (Å²) in [6, 6.07) is 0.187. The fraction of sp³-hybridized carbons (Fsp3) is 1.00. The zero-order valence-electron chi connectivity index (χ0n) is 11.2. The molecule has 2 N–H and O–H groups in total. The number of piperidine rings is 1. The lowest BCUT2D eigenvalue weighted by molar-refractivity contribution is 0.00349. The number of nitrogens with two attached hydrogens (primary N) is 1. The predicted molar refractivity (Wildman–Crippen MR) is 68.0 cm³/mol.